The first-order valence-electron chi connectivity index (χ1n) is 8.41. The Labute approximate surface area is 137 Å². The Hall–Kier alpha value is -2.29. The summed E-state index contributed by atoms with van der Waals surface area (Å²) < 4.78 is 2.35. The molecule has 23 heavy (non-hydrogen) atoms. The van der Waals surface area contributed by atoms with Crippen molar-refractivity contribution in [2.24, 2.45) is 0 Å². The summed E-state index contributed by atoms with van der Waals surface area (Å²) in [5, 5.41) is 4.72. The number of nitrogens with zero attached hydrogens (tertiary/aromatic N) is 2. The van der Waals surface area contributed by atoms with Crippen molar-refractivity contribution in [1.29, 1.82) is 0 Å². The van der Waals surface area contributed by atoms with Crippen LogP contribution >= 0.6 is 0 Å². The van der Waals surface area contributed by atoms with Crippen LogP contribution in [0.3, 0.4) is 0 Å². The van der Waals surface area contributed by atoms with E-state index in [0.717, 1.165) is 24.3 Å². The van der Waals surface area contributed by atoms with Gasteiger partial charge in [0.1, 0.15) is 5.65 Å². The molecular formula is C20H23N3. The van der Waals surface area contributed by atoms with Crippen LogP contribution in [0.1, 0.15) is 42.3 Å². The molecule has 4 rings (SSSR count). The average Bonchev–Trinajstić information content (AvgIpc) is 3.10. The number of aryl methyl sites for hydroxylation is 2. The van der Waals surface area contributed by atoms with E-state index in [9.17, 15) is 0 Å². The van der Waals surface area contributed by atoms with E-state index in [1.807, 2.05) is 0 Å². The Morgan fingerprint density at radius 2 is 1.96 bits per heavy atom. The summed E-state index contributed by atoms with van der Waals surface area (Å²) in [6.45, 7) is 9.79. The zero-order valence-corrected chi connectivity index (χ0v) is 14.3. The lowest BCUT2D eigenvalue weighted by Crippen LogP contribution is -2.04. The molecule has 0 saturated heterocycles. The van der Waals surface area contributed by atoms with Crippen molar-refractivity contribution in [3.8, 4) is 5.69 Å². The maximum atomic E-state index is 4.83. The predicted octanol–water partition coefficient (Wildman–Crippen LogP) is 4.73. The highest BCUT2D eigenvalue weighted by molar-refractivity contribution is 5.81. The molecule has 1 N–H and O–H groups in total. The van der Waals surface area contributed by atoms with E-state index in [1.165, 1.54) is 33.6 Å². The Kier molecular flexibility index (Phi) is 3.19. The second-order valence-corrected chi connectivity index (χ2v) is 6.90. The van der Waals surface area contributed by atoms with Crippen LogP contribution in [-0.2, 0) is 6.42 Å². The lowest BCUT2D eigenvalue weighted by atomic mass is 10.1. The van der Waals surface area contributed by atoms with Crippen molar-refractivity contribution < 1.29 is 0 Å². The fourth-order valence-corrected chi connectivity index (χ4v) is 3.63. The fourth-order valence-electron chi connectivity index (χ4n) is 3.63. The quantitative estimate of drug-likeness (QED) is 0.741. The third kappa shape index (κ3) is 2.23. The van der Waals surface area contributed by atoms with Gasteiger partial charge in [0.2, 0.25) is 0 Å². The molecule has 0 fully saturated rings. The van der Waals surface area contributed by atoms with Gasteiger partial charge in [0, 0.05) is 34.7 Å². The first kappa shape index (κ1) is 14.3. The molecule has 0 spiro atoms. The van der Waals surface area contributed by atoms with Gasteiger partial charge in [-0.15, -0.1) is 0 Å². The van der Waals surface area contributed by atoms with Gasteiger partial charge in [0.25, 0.3) is 0 Å². The van der Waals surface area contributed by atoms with Crippen LogP contribution < -0.4 is 5.32 Å². The molecule has 0 amide bonds. The number of benzene rings is 1. The van der Waals surface area contributed by atoms with Crippen LogP contribution in [0.25, 0.3) is 16.7 Å². The molecule has 3 heteroatoms. The Bertz CT molecular complexity index is 903. The molecule has 0 radical (unpaired) electrons. The maximum absolute atomic E-state index is 4.83. The lowest BCUT2D eigenvalue weighted by Gasteiger charge is -2.15. The zero-order valence-electron chi connectivity index (χ0n) is 14.3. The second kappa shape index (κ2) is 5.12. The van der Waals surface area contributed by atoms with Crippen molar-refractivity contribution in [3.63, 3.8) is 0 Å². The zero-order chi connectivity index (χ0) is 16.1. The van der Waals surface area contributed by atoms with Crippen LogP contribution in [0.5, 0.6) is 0 Å². The Morgan fingerprint density at radius 3 is 2.74 bits per heavy atom. The smallest absolute Gasteiger partial charge is 0.144 e. The molecule has 0 unspecified atom stereocenters. The maximum Gasteiger partial charge on any atom is 0.144 e. The number of aromatic nitrogens is 2. The number of hydrogen-bond acceptors (Lipinski definition) is 2. The van der Waals surface area contributed by atoms with Crippen molar-refractivity contribution in [3.05, 3.63) is 52.8 Å². The summed E-state index contributed by atoms with van der Waals surface area (Å²) in [6, 6.07) is 11.2. The standard InChI is InChI=1S/C20H23N3/c1-12(2)18-11-16-6-5-14(4)22-20(16)23(18)17-9-13(3)19-15(10-17)7-8-21-19/h5-6,9-12,21H,7-8H2,1-4H3. The first-order valence-corrected chi connectivity index (χ1v) is 8.41. The van der Waals surface area contributed by atoms with E-state index in [0.29, 0.717) is 5.92 Å². The Morgan fingerprint density at radius 1 is 1.13 bits per heavy atom. The topological polar surface area (TPSA) is 29.9 Å². The number of pyridine rings is 1. The van der Waals surface area contributed by atoms with Gasteiger partial charge >= 0.3 is 0 Å². The minimum absolute atomic E-state index is 0.455. The lowest BCUT2D eigenvalue weighted by molar-refractivity contribution is 0.792. The number of hydrogen-bond donors (Lipinski definition) is 1. The van der Waals surface area contributed by atoms with Crippen LogP contribution in [0.4, 0.5) is 5.69 Å². The molecule has 1 aliphatic rings. The van der Waals surface area contributed by atoms with Crippen LogP contribution in [-0.4, -0.2) is 16.1 Å². The van der Waals surface area contributed by atoms with E-state index in [1.54, 1.807) is 0 Å². The number of rotatable bonds is 2. The SMILES string of the molecule is Cc1ccc2cc(C(C)C)n(-c3cc(C)c4c(c3)CCN4)c2n1. The summed E-state index contributed by atoms with van der Waals surface area (Å²) in [4.78, 5) is 4.83. The van der Waals surface area contributed by atoms with E-state index in [2.05, 4.69) is 67.9 Å². The molecule has 1 aromatic carbocycles. The van der Waals surface area contributed by atoms with Crippen molar-refractivity contribution in [1.82, 2.24) is 9.55 Å². The predicted molar refractivity (Wildman–Crippen MR) is 96.8 cm³/mol. The van der Waals surface area contributed by atoms with Gasteiger partial charge in [-0.1, -0.05) is 13.8 Å². The van der Waals surface area contributed by atoms with E-state index >= 15 is 0 Å². The number of fused-ring (bicyclic) bond motifs is 2. The van der Waals surface area contributed by atoms with Crippen molar-refractivity contribution >= 4 is 16.7 Å². The minimum Gasteiger partial charge on any atom is -0.384 e. The first-order chi connectivity index (χ1) is 11.0. The van der Waals surface area contributed by atoms with Crippen LogP contribution in [0, 0.1) is 13.8 Å². The highest BCUT2D eigenvalue weighted by Crippen LogP contribution is 2.33. The van der Waals surface area contributed by atoms with Crippen LogP contribution in [0.2, 0.25) is 0 Å². The monoisotopic (exact) mass is 305 g/mol. The molecule has 3 aromatic rings. The summed E-state index contributed by atoms with van der Waals surface area (Å²) in [6.07, 6.45) is 1.10. The highest BCUT2D eigenvalue weighted by atomic mass is 15.1. The molecule has 2 aromatic heterocycles. The molecule has 0 atom stereocenters. The third-order valence-corrected chi connectivity index (χ3v) is 4.77. The molecule has 0 aliphatic carbocycles. The third-order valence-electron chi connectivity index (χ3n) is 4.77. The second-order valence-electron chi connectivity index (χ2n) is 6.90. The number of nitrogens with one attached hydrogen (secondary N) is 1. The van der Waals surface area contributed by atoms with Gasteiger partial charge in [-0.2, -0.15) is 0 Å². The molecule has 3 heterocycles. The highest BCUT2D eigenvalue weighted by Gasteiger charge is 2.18. The fraction of sp³-hybridized carbons (Fsp3) is 0.350. The summed E-state index contributed by atoms with van der Waals surface area (Å²) in [7, 11) is 0. The molecule has 118 valence electrons. The van der Waals surface area contributed by atoms with Gasteiger partial charge < -0.3 is 5.32 Å². The van der Waals surface area contributed by atoms with Gasteiger partial charge in [-0.25, -0.2) is 4.98 Å². The van der Waals surface area contributed by atoms with E-state index in [4.69, 9.17) is 4.98 Å². The minimum atomic E-state index is 0.455. The largest absolute Gasteiger partial charge is 0.384 e. The molecule has 0 saturated carbocycles. The molecular weight excluding hydrogens is 282 g/mol. The van der Waals surface area contributed by atoms with Crippen molar-refractivity contribution in [2.45, 2.75) is 40.0 Å². The summed E-state index contributed by atoms with van der Waals surface area (Å²) >= 11 is 0. The molecule has 1 aliphatic heterocycles. The summed E-state index contributed by atoms with van der Waals surface area (Å²) in [5.41, 5.74) is 8.75. The summed E-state index contributed by atoms with van der Waals surface area (Å²) in [5.74, 6) is 0.455. The Balaban J connectivity index is 2.03. The molecule has 3 nitrogen and oxygen atoms in total. The van der Waals surface area contributed by atoms with Gasteiger partial charge in [-0.3, -0.25) is 4.57 Å². The van der Waals surface area contributed by atoms with E-state index < -0.39 is 0 Å². The number of anilines is 1. The van der Waals surface area contributed by atoms with Crippen molar-refractivity contribution in [2.75, 3.05) is 11.9 Å². The normalized spacial score (nSPS) is 13.6. The van der Waals surface area contributed by atoms with E-state index in [-0.39, 0.29) is 0 Å². The molecule has 0 bridgehead atoms. The average molecular weight is 305 g/mol. The van der Waals surface area contributed by atoms with Gasteiger partial charge in [0.05, 0.1) is 0 Å². The van der Waals surface area contributed by atoms with Crippen LogP contribution in [0.15, 0.2) is 30.3 Å². The van der Waals surface area contributed by atoms with Gasteiger partial charge in [-0.05, 0) is 67.6 Å². The van der Waals surface area contributed by atoms with Gasteiger partial charge in [0.15, 0.2) is 0 Å².